The smallest absolute Gasteiger partial charge is 0.270 e. The summed E-state index contributed by atoms with van der Waals surface area (Å²) in [7, 11) is 0. The maximum absolute atomic E-state index is 12.9. The van der Waals surface area contributed by atoms with Gasteiger partial charge in [0.15, 0.2) is 17.3 Å². The summed E-state index contributed by atoms with van der Waals surface area (Å²) < 4.78 is 11.1. The molecule has 1 aromatic heterocycles. The van der Waals surface area contributed by atoms with Crippen molar-refractivity contribution < 1.29 is 19.1 Å². The number of rotatable bonds is 3. The number of amides is 1. The van der Waals surface area contributed by atoms with Gasteiger partial charge in [-0.3, -0.25) is 9.59 Å². The zero-order valence-corrected chi connectivity index (χ0v) is 16.0. The average Bonchev–Trinajstić information content (AvgIpc) is 3.22. The van der Waals surface area contributed by atoms with Gasteiger partial charge in [0, 0.05) is 35.5 Å². The fourth-order valence-corrected chi connectivity index (χ4v) is 4.14. The van der Waals surface area contributed by atoms with Crippen LogP contribution in [0.3, 0.4) is 0 Å². The zero-order chi connectivity index (χ0) is 19.8. The summed E-state index contributed by atoms with van der Waals surface area (Å²) in [6.45, 7) is 2.19. The van der Waals surface area contributed by atoms with Crippen molar-refractivity contribution in [1.82, 2.24) is 9.88 Å². The molecule has 0 radical (unpaired) electrons. The molecule has 5 rings (SSSR count). The number of para-hydroxylation sites is 1. The second-order valence-electron chi connectivity index (χ2n) is 7.56. The first kappa shape index (κ1) is 17.8. The fourth-order valence-electron chi connectivity index (χ4n) is 4.14. The number of ketones is 1. The predicted molar refractivity (Wildman–Crippen MR) is 109 cm³/mol. The highest BCUT2D eigenvalue weighted by Crippen LogP contribution is 2.32. The molecule has 2 aliphatic heterocycles. The predicted octanol–water partition coefficient (Wildman–Crippen LogP) is 3.67. The first-order valence-corrected chi connectivity index (χ1v) is 10.00. The maximum Gasteiger partial charge on any atom is 0.270 e. The van der Waals surface area contributed by atoms with E-state index in [1.165, 1.54) is 0 Å². The molecule has 1 saturated heterocycles. The van der Waals surface area contributed by atoms with E-state index in [1.54, 1.807) is 18.2 Å². The summed E-state index contributed by atoms with van der Waals surface area (Å²) >= 11 is 0. The van der Waals surface area contributed by atoms with Crippen molar-refractivity contribution in [2.75, 3.05) is 26.3 Å². The Balaban J connectivity index is 1.25. The van der Waals surface area contributed by atoms with Crippen LogP contribution in [0.15, 0.2) is 48.5 Å². The van der Waals surface area contributed by atoms with Crippen LogP contribution in [0.25, 0.3) is 10.9 Å². The molecule has 0 aliphatic carbocycles. The minimum Gasteiger partial charge on any atom is -0.486 e. The number of benzene rings is 2. The van der Waals surface area contributed by atoms with Gasteiger partial charge in [0.2, 0.25) is 0 Å². The summed E-state index contributed by atoms with van der Waals surface area (Å²) in [5, 5.41) is 1.03. The van der Waals surface area contributed by atoms with E-state index in [0.29, 0.717) is 61.9 Å². The minimum atomic E-state index is -0.0793. The van der Waals surface area contributed by atoms with E-state index in [-0.39, 0.29) is 17.6 Å². The molecule has 6 nitrogen and oxygen atoms in total. The molecule has 3 aromatic rings. The zero-order valence-electron chi connectivity index (χ0n) is 16.0. The molecule has 0 unspecified atom stereocenters. The number of fused-ring (bicyclic) bond motifs is 2. The Bertz CT molecular complexity index is 1050. The van der Waals surface area contributed by atoms with Crippen LogP contribution < -0.4 is 9.47 Å². The van der Waals surface area contributed by atoms with Crippen molar-refractivity contribution >= 4 is 22.6 Å². The van der Waals surface area contributed by atoms with Crippen molar-refractivity contribution in [2.24, 2.45) is 5.92 Å². The number of H-pyrrole nitrogens is 1. The van der Waals surface area contributed by atoms with Crippen molar-refractivity contribution in [3.8, 4) is 11.5 Å². The van der Waals surface area contributed by atoms with Crippen LogP contribution in [0.5, 0.6) is 11.5 Å². The standard InChI is InChI=1S/C23H22N2O4/c26-22(17-5-6-20-21(14-17)29-12-11-28-20)15-7-9-25(10-8-15)23(27)19-13-16-3-1-2-4-18(16)24-19/h1-6,13-15,24H,7-12H2. The second-order valence-corrected chi connectivity index (χ2v) is 7.56. The Morgan fingerprint density at radius 2 is 1.69 bits per heavy atom. The average molecular weight is 390 g/mol. The fraction of sp³-hybridized carbons (Fsp3) is 0.304. The van der Waals surface area contributed by atoms with Crippen molar-refractivity contribution in [3.63, 3.8) is 0 Å². The number of likely N-dealkylation sites (tertiary alicyclic amines) is 1. The van der Waals surface area contributed by atoms with Gasteiger partial charge < -0.3 is 19.4 Å². The molecule has 0 saturated carbocycles. The molecule has 1 amide bonds. The molecule has 29 heavy (non-hydrogen) atoms. The van der Waals surface area contributed by atoms with E-state index < -0.39 is 0 Å². The van der Waals surface area contributed by atoms with Gasteiger partial charge in [-0.1, -0.05) is 18.2 Å². The third-order valence-corrected chi connectivity index (χ3v) is 5.74. The highest BCUT2D eigenvalue weighted by Gasteiger charge is 2.29. The third kappa shape index (κ3) is 3.35. The minimum absolute atomic E-state index is 0.00794. The van der Waals surface area contributed by atoms with Crippen molar-refractivity contribution in [2.45, 2.75) is 12.8 Å². The Morgan fingerprint density at radius 1 is 0.931 bits per heavy atom. The first-order chi connectivity index (χ1) is 14.2. The third-order valence-electron chi connectivity index (χ3n) is 5.74. The number of hydrogen-bond donors (Lipinski definition) is 1. The molecule has 0 spiro atoms. The van der Waals surface area contributed by atoms with Gasteiger partial charge in [0.25, 0.3) is 5.91 Å². The van der Waals surface area contributed by atoms with E-state index >= 15 is 0 Å². The van der Waals surface area contributed by atoms with E-state index in [9.17, 15) is 9.59 Å². The van der Waals surface area contributed by atoms with Crippen LogP contribution >= 0.6 is 0 Å². The number of aromatic nitrogens is 1. The molecule has 1 fully saturated rings. The molecule has 6 heteroatoms. The first-order valence-electron chi connectivity index (χ1n) is 10.00. The van der Waals surface area contributed by atoms with Crippen molar-refractivity contribution in [3.05, 3.63) is 59.8 Å². The maximum atomic E-state index is 12.9. The lowest BCUT2D eigenvalue weighted by molar-refractivity contribution is 0.0646. The highest BCUT2D eigenvalue weighted by atomic mass is 16.6. The Morgan fingerprint density at radius 3 is 2.48 bits per heavy atom. The molecule has 3 heterocycles. The largest absolute Gasteiger partial charge is 0.486 e. The molecule has 2 aliphatic rings. The van der Waals surface area contributed by atoms with E-state index in [1.807, 2.05) is 35.2 Å². The van der Waals surface area contributed by atoms with Gasteiger partial charge in [-0.25, -0.2) is 0 Å². The molecule has 1 N–H and O–H groups in total. The van der Waals surface area contributed by atoms with Crippen LogP contribution in [0, 0.1) is 5.92 Å². The van der Waals surface area contributed by atoms with Crippen LogP contribution in [0.1, 0.15) is 33.7 Å². The number of aromatic amines is 1. The van der Waals surface area contributed by atoms with E-state index in [2.05, 4.69) is 4.98 Å². The number of Topliss-reactive ketones (excluding diaryl/α,β-unsaturated/α-hetero) is 1. The highest BCUT2D eigenvalue weighted by molar-refractivity contribution is 6.00. The van der Waals surface area contributed by atoms with Gasteiger partial charge in [0.05, 0.1) is 0 Å². The Kier molecular flexibility index (Phi) is 4.46. The summed E-state index contributed by atoms with van der Waals surface area (Å²) in [6, 6.07) is 15.1. The van der Waals surface area contributed by atoms with E-state index in [0.717, 1.165) is 10.9 Å². The van der Waals surface area contributed by atoms with Gasteiger partial charge in [-0.15, -0.1) is 0 Å². The molecule has 0 bridgehead atoms. The summed E-state index contributed by atoms with van der Waals surface area (Å²) in [4.78, 5) is 30.8. The quantitative estimate of drug-likeness (QED) is 0.693. The monoisotopic (exact) mass is 390 g/mol. The number of ether oxygens (including phenoxy) is 2. The van der Waals surface area contributed by atoms with Crippen molar-refractivity contribution in [1.29, 1.82) is 0 Å². The number of carbonyl (C=O) groups excluding carboxylic acids is 2. The number of carbonyl (C=O) groups is 2. The Labute approximate surface area is 168 Å². The van der Waals surface area contributed by atoms with Crippen LogP contribution in [0.2, 0.25) is 0 Å². The summed E-state index contributed by atoms with van der Waals surface area (Å²) in [5.74, 6) is 1.34. The number of piperidine rings is 1. The molecule has 2 aromatic carbocycles. The second kappa shape index (κ2) is 7.28. The number of nitrogens with one attached hydrogen (secondary N) is 1. The number of nitrogens with zero attached hydrogens (tertiary/aromatic N) is 1. The lowest BCUT2D eigenvalue weighted by Gasteiger charge is -2.31. The summed E-state index contributed by atoms with van der Waals surface area (Å²) in [5.41, 5.74) is 2.21. The van der Waals surface area contributed by atoms with Gasteiger partial charge in [-0.2, -0.15) is 0 Å². The lowest BCUT2D eigenvalue weighted by atomic mass is 9.88. The normalized spacial score (nSPS) is 16.8. The lowest BCUT2D eigenvalue weighted by Crippen LogP contribution is -2.40. The molecular formula is C23H22N2O4. The number of hydrogen-bond acceptors (Lipinski definition) is 4. The topological polar surface area (TPSA) is 71.6 Å². The van der Waals surface area contributed by atoms with Crippen LogP contribution in [-0.2, 0) is 0 Å². The van der Waals surface area contributed by atoms with Crippen LogP contribution in [0.4, 0.5) is 0 Å². The van der Waals surface area contributed by atoms with Gasteiger partial charge in [-0.05, 0) is 43.2 Å². The van der Waals surface area contributed by atoms with Gasteiger partial charge in [0.1, 0.15) is 18.9 Å². The molecule has 0 atom stereocenters. The molecule has 148 valence electrons. The van der Waals surface area contributed by atoms with E-state index in [4.69, 9.17) is 9.47 Å². The summed E-state index contributed by atoms with van der Waals surface area (Å²) in [6.07, 6.45) is 1.33. The SMILES string of the molecule is O=C(c1ccc2c(c1)OCCO2)C1CCN(C(=O)c2cc3ccccc3[nH]2)CC1. The van der Waals surface area contributed by atoms with Crippen LogP contribution in [-0.4, -0.2) is 47.9 Å². The Hall–Kier alpha value is -3.28. The molecular weight excluding hydrogens is 368 g/mol. The van der Waals surface area contributed by atoms with Gasteiger partial charge >= 0.3 is 0 Å².